The minimum atomic E-state index is -0.367. The third-order valence-corrected chi connectivity index (χ3v) is 6.93. The smallest absolute Gasteiger partial charge is 0.500 e. The van der Waals surface area contributed by atoms with Crippen molar-refractivity contribution in [3.63, 3.8) is 0 Å². The van der Waals surface area contributed by atoms with Gasteiger partial charge in [0.2, 0.25) is 0 Å². The molecular weight excluding hydrogens is 579 g/mol. The normalized spacial score (nSPS) is 24.8. The molecule has 2 heterocycles. The predicted octanol–water partition coefficient (Wildman–Crippen LogP) is -1.19. The summed E-state index contributed by atoms with van der Waals surface area (Å²) >= 11 is 0. The third kappa shape index (κ3) is 11.2. The van der Waals surface area contributed by atoms with Gasteiger partial charge in [-0.2, -0.15) is 13.8 Å². The van der Waals surface area contributed by atoms with Crippen molar-refractivity contribution in [3.8, 4) is 0 Å². The summed E-state index contributed by atoms with van der Waals surface area (Å²) < 4.78 is 22.1. The van der Waals surface area contributed by atoms with Gasteiger partial charge < -0.3 is 31.1 Å². The SMILES string of the molecule is C[C-]=C1CCC(=O)CC1.C[C-]=C1CCC2(CC1)OCCO2.O=C1CCC2(CC1)OCCO2.[Rb+].[Rb+]. The molecule has 2 spiro atoms. The van der Waals surface area contributed by atoms with E-state index < -0.39 is 0 Å². The third-order valence-electron chi connectivity index (χ3n) is 6.93. The van der Waals surface area contributed by atoms with Crippen LogP contribution >= 0.6 is 0 Å². The first-order chi connectivity index (χ1) is 15.5. The Hall–Kier alpha value is 2.27. The molecule has 0 N–H and O–H groups in total. The van der Waals surface area contributed by atoms with Crippen LogP contribution in [0.4, 0.5) is 0 Å². The first-order valence-corrected chi connectivity index (χ1v) is 12.1. The van der Waals surface area contributed by atoms with Crippen LogP contribution in [0, 0.1) is 12.2 Å². The molecule has 0 atom stereocenters. The Bertz CT molecular complexity index is 670. The maximum atomic E-state index is 10.9. The first kappa shape index (κ1) is 34.3. The fraction of sp³-hybridized carbons (Fsp3) is 0.769. The van der Waals surface area contributed by atoms with Gasteiger partial charge in [0.1, 0.15) is 11.6 Å². The quantitative estimate of drug-likeness (QED) is 0.319. The van der Waals surface area contributed by atoms with Crippen LogP contribution in [0.2, 0.25) is 0 Å². The minimum Gasteiger partial charge on any atom is -0.500 e. The molecule has 0 bridgehead atoms. The van der Waals surface area contributed by atoms with Crippen molar-refractivity contribution in [1.82, 2.24) is 0 Å². The fourth-order valence-corrected chi connectivity index (χ4v) is 4.74. The van der Waals surface area contributed by atoms with Crippen molar-refractivity contribution in [2.45, 2.75) is 102 Å². The van der Waals surface area contributed by atoms with Gasteiger partial charge in [-0.1, -0.05) is 25.7 Å². The van der Waals surface area contributed by atoms with E-state index in [9.17, 15) is 9.59 Å². The Morgan fingerprint density at radius 2 is 0.853 bits per heavy atom. The van der Waals surface area contributed by atoms with Crippen molar-refractivity contribution >= 4 is 11.6 Å². The summed E-state index contributed by atoms with van der Waals surface area (Å²) in [6.07, 6.45) is 16.7. The molecule has 5 aliphatic rings. The molecule has 2 saturated heterocycles. The molecule has 8 heteroatoms. The van der Waals surface area contributed by atoms with E-state index in [0.29, 0.717) is 37.6 Å². The van der Waals surface area contributed by atoms with Gasteiger partial charge in [-0.25, -0.2) is 0 Å². The van der Waals surface area contributed by atoms with Crippen LogP contribution in [0.1, 0.15) is 90.9 Å². The van der Waals surface area contributed by atoms with Crippen molar-refractivity contribution in [1.29, 1.82) is 0 Å². The Kier molecular flexibility index (Phi) is 17.9. The molecule has 180 valence electrons. The molecule has 0 aromatic heterocycles. The van der Waals surface area contributed by atoms with E-state index in [1.807, 2.05) is 13.8 Å². The number of hydrogen-bond donors (Lipinski definition) is 0. The second-order valence-corrected chi connectivity index (χ2v) is 9.00. The summed E-state index contributed by atoms with van der Waals surface area (Å²) in [6, 6.07) is 0. The van der Waals surface area contributed by atoms with E-state index >= 15 is 0 Å². The van der Waals surface area contributed by atoms with E-state index in [1.165, 1.54) is 11.1 Å². The molecule has 0 aromatic carbocycles. The van der Waals surface area contributed by atoms with Crippen LogP contribution in [0.5, 0.6) is 0 Å². The summed E-state index contributed by atoms with van der Waals surface area (Å²) in [5.41, 5.74) is 2.76. The van der Waals surface area contributed by atoms with Crippen LogP contribution in [0.15, 0.2) is 11.1 Å². The first-order valence-electron chi connectivity index (χ1n) is 12.1. The second kappa shape index (κ2) is 17.8. The fourth-order valence-electron chi connectivity index (χ4n) is 4.74. The maximum Gasteiger partial charge on any atom is 1.00 e. The summed E-state index contributed by atoms with van der Waals surface area (Å²) in [5.74, 6) is 0.178. The van der Waals surface area contributed by atoms with Gasteiger partial charge >= 0.3 is 116 Å². The molecule has 5 fully saturated rings. The number of ether oxygens (including phenoxy) is 4. The van der Waals surface area contributed by atoms with Gasteiger partial charge in [-0.3, -0.25) is 20.7 Å². The van der Waals surface area contributed by atoms with Gasteiger partial charge in [-0.15, -0.1) is 0 Å². The zero-order valence-corrected chi connectivity index (χ0v) is 31.6. The number of hydrogen-bond acceptors (Lipinski definition) is 6. The van der Waals surface area contributed by atoms with Gasteiger partial charge in [-0.05, 0) is 0 Å². The van der Waals surface area contributed by atoms with E-state index in [2.05, 4.69) is 12.2 Å². The van der Waals surface area contributed by atoms with Crippen LogP contribution in [-0.4, -0.2) is 49.6 Å². The van der Waals surface area contributed by atoms with E-state index in [-0.39, 0.29) is 128 Å². The van der Waals surface area contributed by atoms with Crippen LogP contribution in [-0.2, 0) is 28.5 Å². The second-order valence-electron chi connectivity index (χ2n) is 9.00. The van der Waals surface area contributed by atoms with Gasteiger partial charge in [0.05, 0.1) is 26.4 Å². The topological polar surface area (TPSA) is 71.1 Å². The molecule has 0 amide bonds. The largest absolute Gasteiger partial charge is 1.00 e. The number of rotatable bonds is 0. The monoisotopic (exact) mass is 616 g/mol. The molecule has 34 heavy (non-hydrogen) atoms. The minimum absolute atomic E-state index is 0. The Labute approximate surface area is 303 Å². The standard InChI is InChI=1S/C10H15O2.C8H12O3.C8H11O.2Rb/c1-2-9-3-5-10(6-4-9)11-7-8-12-10;9-7-1-3-8(4-2-7)10-5-6-11-8;1-2-7-3-5-8(9)6-4-7;;/h3-8H2,1H3;1-6H2;3-6H2,1H3;;/q-1;;-1;2*+1. The van der Waals surface area contributed by atoms with Crippen molar-refractivity contribution in [3.05, 3.63) is 23.3 Å². The number of Topliss-reactive ketones (excluding diaryl/α,β-unsaturated/α-hetero) is 2. The van der Waals surface area contributed by atoms with Crippen molar-refractivity contribution in [2.75, 3.05) is 26.4 Å². The molecule has 5 rings (SSSR count). The Morgan fingerprint density at radius 1 is 0.529 bits per heavy atom. The Balaban J connectivity index is 0.000000250. The molecule has 0 unspecified atom stereocenters. The molecule has 6 nitrogen and oxygen atoms in total. The number of carbonyl (C=O) groups excluding carboxylic acids is 2. The molecule has 3 saturated carbocycles. The van der Waals surface area contributed by atoms with E-state index in [0.717, 1.165) is 77.4 Å². The molecule has 0 radical (unpaired) electrons. The zero-order valence-electron chi connectivity index (χ0n) is 21.8. The zero-order chi connectivity index (χ0) is 22.9. The van der Waals surface area contributed by atoms with Crippen molar-refractivity contribution < 1.29 is 145 Å². The molecular formula is C26H38O6Rb2. The van der Waals surface area contributed by atoms with Gasteiger partial charge in [0.15, 0.2) is 11.6 Å². The molecule has 2 aliphatic heterocycles. The summed E-state index contributed by atoms with van der Waals surface area (Å²) in [7, 11) is 0. The van der Waals surface area contributed by atoms with Gasteiger partial charge in [0, 0.05) is 51.4 Å². The predicted molar refractivity (Wildman–Crippen MR) is 120 cm³/mol. The number of carbonyl (C=O) groups is 2. The molecule has 0 aromatic rings. The van der Waals surface area contributed by atoms with Gasteiger partial charge in [0.25, 0.3) is 0 Å². The number of ketones is 2. The number of allylic oxidation sites excluding steroid dienone is 4. The van der Waals surface area contributed by atoms with Crippen LogP contribution in [0.25, 0.3) is 0 Å². The van der Waals surface area contributed by atoms with Crippen molar-refractivity contribution in [2.24, 2.45) is 0 Å². The van der Waals surface area contributed by atoms with Crippen LogP contribution < -0.4 is 116 Å². The van der Waals surface area contributed by atoms with E-state index in [1.54, 1.807) is 0 Å². The Morgan fingerprint density at radius 3 is 1.24 bits per heavy atom. The summed E-state index contributed by atoms with van der Waals surface area (Å²) in [5, 5.41) is 0. The van der Waals surface area contributed by atoms with E-state index in [4.69, 9.17) is 18.9 Å². The summed E-state index contributed by atoms with van der Waals surface area (Å²) in [4.78, 5) is 21.6. The maximum absolute atomic E-state index is 10.9. The van der Waals surface area contributed by atoms with Crippen LogP contribution in [0.3, 0.4) is 0 Å². The average molecular weight is 618 g/mol. The average Bonchev–Trinajstić information content (AvgIpc) is 3.48. The molecule has 3 aliphatic carbocycles. The summed E-state index contributed by atoms with van der Waals surface area (Å²) in [6.45, 7) is 6.83.